The van der Waals surface area contributed by atoms with Crippen molar-refractivity contribution in [3.8, 4) is 0 Å². The van der Waals surface area contributed by atoms with Crippen LogP contribution >= 0.6 is 0 Å². The first-order chi connectivity index (χ1) is 6.93. The summed E-state index contributed by atoms with van der Waals surface area (Å²) in [7, 11) is -13.5. The van der Waals surface area contributed by atoms with Crippen LogP contribution in [-0.4, -0.2) is 51.9 Å². The van der Waals surface area contributed by atoms with Gasteiger partial charge in [0.05, 0.1) is 43.9 Å². The van der Waals surface area contributed by atoms with Crippen LogP contribution in [0.4, 0.5) is 0 Å². The Hall–Kier alpha value is 0.354. The number of rotatable bonds is 0. The van der Waals surface area contributed by atoms with E-state index in [0.29, 0.717) is 0 Å². The maximum absolute atomic E-state index is 8.48. The van der Waals surface area contributed by atoms with Crippen LogP contribution in [0.25, 0.3) is 0 Å². The molecule has 104 valence electrons. The zero-order valence-corrected chi connectivity index (χ0v) is 12.3. The van der Waals surface area contributed by atoms with Crippen LogP contribution in [0.1, 0.15) is 0 Å². The zero-order valence-electron chi connectivity index (χ0n) is 7.19. The minimum absolute atomic E-state index is 0. The van der Waals surface area contributed by atoms with Crippen LogP contribution in [0.3, 0.4) is 0 Å². The van der Waals surface area contributed by atoms with E-state index in [1.54, 1.807) is 0 Å². The van der Waals surface area contributed by atoms with Crippen LogP contribution in [0.5, 0.6) is 0 Å². The van der Waals surface area contributed by atoms with E-state index in [2.05, 4.69) is 0 Å². The predicted octanol–water partition coefficient (Wildman–Crippen LogP) is -5.09. The van der Waals surface area contributed by atoms with Gasteiger partial charge in [-0.1, -0.05) is 0 Å². The molecule has 17 heavy (non-hydrogen) atoms. The van der Waals surface area contributed by atoms with Gasteiger partial charge in [0.1, 0.15) is 0 Å². The van der Waals surface area contributed by atoms with Gasteiger partial charge >= 0.3 is 21.7 Å². The van der Waals surface area contributed by atoms with E-state index in [9.17, 15) is 0 Å². The van der Waals surface area contributed by atoms with E-state index in [1.807, 2.05) is 0 Å². The van der Waals surface area contributed by atoms with Crippen molar-refractivity contribution in [3.05, 3.63) is 0 Å². The first-order valence-corrected chi connectivity index (χ1v) is 6.57. The maximum atomic E-state index is 8.48. The largest absolute Gasteiger partial charge is 4.00 e. The Bertz CT molecular complexity index is 292. The van der Waals surface area contributed by atoms with Gasteiger partial charge in [0, 0.05) is 0 Å². The average molecular weight is 372 g/mol. The molecule has 0 rings (SSSR count). The van der Waals surface area contributed by atoms with Crippen LogP contribution in [0.2, 0.25) is 0 Å². The summed E-state index contributed by atoms with van der Waals surface area (Å²) >= 11 is 0. The molecule has 0 saturated carbocycles. The average Bonchev–Trinajstić information content (AvgIpc) is 1.76. The molecule has 0 fully saturated rings. The summed E-state index contributed by atoms with van der Waals surface area (Å²) in [5, 5.41) is 0. The SMILES string of the molecule is O=[SH](=O)[O-].O=[SH](=O)[O-].O=[SH](=O)[O-].O=[SH](=O)[O-].[Ti+4]. The van der Waals surface area contributed by atoms with Gasteiger partial charge in [0.2, 0.25) is 0 Å². The Labute approximate surface area is 117 Å². The van der Waals surface area contributed by atoms with Gasteiger partial charge in [-0.2, -0.15) is 0 Å². The molecule has 0 atom stereocenters. The van der Waals surface area contributed by atoms with Gasteiger partial charge in [0.15, 0.2) is 0 Å². The summed E-state index contributed by atoms with van der Waals surface area (Å²) < 4.78 is 102. The molecule has 0 spiro atoms. The zero-order chi connectivity index (χ0) is 14.3. The Morgan fingerprint density at radius 2 is 0.412 bits per heavy atom. The van der Waals surface area contributed by atoms with Crippen LogP contribution in [0.15, 0.2) is 0 Å². The minimum Gasteiger partial charge on any atom is -0.750 e. The summed E-state index contributed by atoms with van der Waals surface area (Å²) in [6.45, 7) is 0. The van der Waals surface area contributed by atoms with Crippen molar-refractivity contribution in [2.45, 2.75) is 0 Å². The molecule has 0 aromatic heterocycles. The molecule has 0 aliphatic rings. The fourth-order valence-corrected chi connectivity index (χ4v) is 0. The van der Waals surface area contributed by atoms with Crippen LogP contribution in [0, 0.1) is 0 Å². The topological polar surface area (TPSA) is 229 Å². The van der Waals surface area contributed by atoms with E-state index in [4.69, 9.17) is 51.9 Å². The van der Waals surface area contributed by atoms with Crippen molar-refractivity contribution in [2.24, 2.45) is 0 Å². The number of hydrogen-bond acceptors (Lipinski definition) is 12. The molecule has 0 saturated heterocycles. The molecule has 0 aliphatic heterocycles. The van der Waals surface area contributed by atoms with Crippen molar-refractivity contribution >= 4 is 43.9 Å². The molecule has 0 unspecified atom stereocenters. The quantitative estimate of drug-likeness (QED) is 0.178. The van der Waals surface area contributed by atoms with Crippen molar-refractivity contribution in [1.82, 2.24) is 0 Å². The van der Waals surface area contributed by atoms with Gasteiger partial charge in [-0.05, 0) is 0 Å². The molecular formula is H4O12S4Ti. The van der Waals surface area contributed by atoms with E-state index in [-0.39, 0.29) is 21.7 Å². The maximum Gasteiger partial charge on any atom is 4.00 e. The van der Waals surface area contributed by atoms with E-state index in [0.717, 1.165) is 0 Å². The minimum atomic E-state index is -3.37. The molecule has 12 nitrogen and oxygen atoms in total. The molecule has 17 heteroatoms. The molecule has 0 heterocycles. The molecule has 0 aromatic rings. The molecule has 0 N–H and O–H groups in total. The third-order valence-electron chi connectivity index (χ3n) is 0. The van der Waals surface area contributed by atoms with Gasteiger partial charge in [0.25, 0.3) is 0 Å². The summed E-state index contributed by atoms with van der Waals surface area (Å²) in [6, 6.07) is 0. The van der Waals surface area contributed by atoms with Crippen LogP contribution in [-0.2, 0) is 65.7 Å². The molecule has 0 radical (unpaired) electrons. The first kappa shape index (κ1) is 30.4. The van der Waals surface area contributed by atoms with Gasteiger partial charge in [-0.3, -0.25) is 0 Å². The summed E-state index contributed by atoms with van der Waals surface area (Å²) in [5.74, 6) is 0. The second-order valence-corrected chi connectivity index (χ2v) is 2.68. The van der Waals surface area contributed by atoms with Crippen molar-refractivity contribution in [1.29, 1.82) is 0 Å². The Morgan fingerprint density at radius 3 is 0.412 bits per heavy atom. The summed E-state index contributed by atoms with van der Waals surface area (Å²) in [5.41, 5.74) is 0. The standard InChI is InChI=1S/4H2O3S.Ti/c4*1-4(2)3;/h4*4H,(H,1,2,3);/q;;;;+4/p-4. The second-order valence-electron chi connectivity index (χ2n) is 0.894. The van der Waals surface area contributed by atoms with Gasteiger partial charge in [-0.25, -0.2) is 33.7 Å². The fraction of sp³-hybridized carbons (Fsp3) is 0. The number of thiol groups is 4. The van der Waals surface area contributed by atoms with Crippen molar-refractivity contribution < 1.29 is 73.6 Å². The molecule has 0 aromatic carbocycles. The molecule has 0 aliphatic carbocycles. The van der Waals surface area contributed by atoms with E-state index in [1.165, 1.54) is 0 Å². The summed E-state index contributed by atoms with van der Waals surface area (Å²) in [6.07, 6.45) is 0. The Balaban J connectivity index is -0.0000000369. The normalized spacial score (nSPS) is 8.00. The Morgan fingerprint density at radius 1 is 0.412 bits per heavy atom. The second kappa shape index (κ2) is 25.3. The van der Waals surface area contributed by atoms with Gasteiger partial charge in [-0.15, -0.1) is 0 Å². The molecular weight excluding hydrogens is 368 g/mol. The molecule has 0 bridgehead atoms. The number of hydrogen-bond donors (Lipinski definition) is 4. The first-order valence-electron chi connectivity index (χ1n) is 2.19. The smallest absolute Gasteiger partial charge is 0.750 e. The van der Waals surface area contributed by atoms with E-state index < -0.39 is 43.9 Å². The monoisotopic (exact) mass is 372 g/mol. The van der Waals surface area contributed by atoms with Crippen LogP contribution < -0.4 is 0 Å². The molecule has 0 amide bonds. The van der Waals surface area contributed by atoms with Crippen molar-refractivity contribution in [2.75, 3.05) is 0 Å². The third-order valence-corrected chi connectivity index (χ3v) is 0. The fourth-order valence-electron chi connectivity index (χ4n) is 0. The van der Waals surface area contributed by atoms with Gasteiger partial charge < -0.3 is 18.2 Å². The predicted molar refractivity (Wildman–Crippen MR) is 44.4 cm³/mol. The third kappa shape index (κ3) is 26800. The Kier molecular flexibility index (Phi) is 45.2. The van der Waals surface area contributed by atoms with E-state index >= 15 is 0 Å². The summed E-state index contributed by atoms with van der Waals surface area (Å²) in [4.78, 5) is 0. The van der Waals surface area contributed by atoms with Crippen molar-refractivity contribution in [3.63, 3.8) is 0 Å².